The number of hydrogen-bond donors (Lipinski definition) is 0. The molecular weight excluding hydrogens is 664 g/mol. The van der Waals surface area contributed by atoms with E-state index in [1.807, 2.05) is 0 Å². The van der Waals surface area contributed by atoms with Crippen molar-refractivity contribution in [2.24, 2.45) is 0 Å². The first-order valence-electron chi connectivity index (χ1n) is 11.3. The van der Waals surface area contributed by atoms with Crippen LogP contribution in [0.4, 0.5) is 0 Å². The van der Waals surface area contributed by atoms with E-state index in [4.69, 9.17) is 9.47 Å². The molecule has 178 valence electrons. The number of rotatable bonds is 15. The van der Waals surface area contributed by atoms with Gasteiger partial charge in [0.25, 0.3) is 0 Å². The molecule has 2 nitrogen and oxygen atoms in total. The fourth-order valence-electron chi connectivity index (χ4n) is 4.14. The van der Waals surface area contributed by atoms with E-state index in [1.54, 1.807) is 14.2 Å². The average Bonchev–Trinajstić information content (AvgIpc) is 2.82. The Hall–Kier alpha value is -0.0400. The molecule has 2 aromatic rings. The van der Waals surface area contributed by atoms with E-state index in [1.165, 1.54) is 33.4 Å². The molecule has 0 atom stereocenters. The SMILES string of the molecule is COc1c(CCCBr)cc(-c2cc(CCCBr)c(OC)c(CCCBr)c2)cc1CCCBr. The Morgan fingerprint density at radius 2 is 0.750 bits per heavy atom. The smallest absolute Gasteiger partial charge is 0.125 e. The van der Waals surface area contributed by atoms with Crippen LogP contribution in [0.1, 0.15) is 47.9 Å². The lowest BCUT2D eigenvalue weighted by Crippen LogP contribution is -2.03. The molecular formula is C26H34Br4O2. The fraction of sp³-hybridized carbons (Fsp3) is 0.538. The topological polar surface area (TPSA) is 18.5 Å². The van der Waals surface area contributed by atoms with Gasteiger partial charge in [0.1, 0.15) is 11.5 Å². The molecule has 0 bridgehead atoms. The second kappa shape index (κ2) is 15.8. The van der Waals surface area contributed by atoms with Gasteiger partial charge in [-0.3, -0.25) is 0 Å². The second-order valence-corrected chi connectivity index (χ2v) is 11.0. The molecule has 0 spiro atoms. The van der Waals surface area contributed by atoms with Gasteiger partial charge in [0, 0.05) is 21.3 Å². The number of benzene rings is 2. The molecule has 0 aliphatic heterocycles. The van der Waals surface area contributed by atoms with Crippen LogP contribution in [0.2, 0.25) is 0 Å². The van der Waals surface area contributed by atoms with Crippen LogP contribution in [0.5, 0.6) is 11.5 Å². The third kappa shape index (κ3) is 8.02. The Balaban J connectivity index is 2.64. The Labute approximate surface area is 227 Å². The number of alkyl halides is 4. The third-order valence-electron chi connectivity index (χ3n) is 5.55. The summed E-state index contributed by atoms with van der Waals surface area (Å²) in [4.78, 5) is 0. The van der Waals surface area contributed by atoms with Crippen LogP contribution in [0.15, 0.2) is 24.3 Å². The summed E-state index contributed by atoms with van der Waals surface area (Å²) in [5.74, 6) is 2.12. The number of halogens is 4. The summed E-state index contributed by atoms with van der Waals surface area (Å²) in [6.07, 6.45) is 8.39. The number of methoxy groups -OCH3 is 2. The average molecular weight is 698 g/mol. The van der Waals surface area contributed by atoms with Crippen molar-refractivity contribution in [3.05, 3.63) is 46.5 Å². The fourth-order valence-corrected chi connectivity index (χ4v) is 5.26. The highest BCUT2D eigenvalue weighted by Gasteiger charge is 2.16. The Bertz CT molecular complexity index is 711. The maximum absolute atomic E-state index is 5.89. The van der Waals surface area contributed by atoms with Crippen LogP contribution >= 0.6 is 63.7 Å². The Kier molecular flexibility index (Phi) is 13.9. The minimum atomic E-state index is 0.993. The minimum Gasteiger partial charge on any atom is -0.496 e. The largest absolute Gasteiger partial charge is 0.496 e. The molecule has 0 saturated carbocycles. The first-order valence-corrected chi connectivity index (χ1v) is 15.8. The highest BCUT2D eigenvalue weighted by Crippen LogP contribution is 2.37. The molecule has 0 aliphatic carbocycles. The Morgan fingerprint density at radius 1 is 0.500 bits per heavy atom. The number of aryl methyl sites for hydroxylation is 4. The maximum atomic E-state index is 5.89. The lowest BCUT2D eigenvalue weighted by Gasteiger charge is -2.19. The van der Waals surface area contributed by atoms with E-state index in [0.717, 1.165) is 84.2 Å². The van der Waals surface area contributed by atoms with Crippen LogP contribution in [0.25, 0.3) is 11.1 Å². The lowest BCUT2D eigenvalue weighted by molar-refractivity contribution is 0.404. The second-order valence-electron chi connectivity index (χ2n) is 7.83. The van der Waals surface area contributed by atoms with Gasteiger partial charge in [-0.25, -0.2) is 0 Å². The highest BCUT2D eigenvalue weighted by atomic mass is 79.9. The monoisotopic (exact) mass is 694 g/mol. The van der Waals surface area contributed by atoms with Crippen molar-refractivity contribution < 1.29 is 9.47 Å². The molecule has 32 heavy (non-hydrogen) atoms. The standard InChI is InChI=1S/C26H34Br4O2/c1-31-25-19(7-3-11-27)15-23(16-20(25)8-4-12-28)24-17-21(9-5-13-29)26(32-2)22(18-24)10-6-14-30/h15-18H,3-14H2,1-2H3. The van der Waals surface area contributed by atoms with Crippen molar-refractivity contribution in [1.29, 1.82) is 0 Å². The zero-order valence-corrected chi connectivity index (χ0v) is 25.5. The summed E-state index contributed by atoms with van der Waals surface area (Å²) >= 11 is 14.4. The Morgan fingerprint density at radius 3 is 0.938 bits per heavy atom. The number of ether oxygens (including phenoxy) is 2. The summed E-state index contributed by atoms with van der Waals surface area (Å²) in [6.45, 7) is 0. The van der Waals surface area contributed by atoms with E-state index < -0.39 is 0 Å². The van der Waals surface area contributed by atoms with Crippen LogP contribution in [0, 0.1) is 0 Å². The van der Waals surface area contributed by atoms with E-state index in [2.05, 4.69) is 88.0 Å². The molecule has 2 rings (SSSR count). The molecule has 0 heterocycles. The molecule has 0 radical (unpaired) electrons. The van der Waals surface area contributed by atoms with Gasteiger partial charge in [-0.2, -0.15) is 0 Å². The minimum absolute atomic E-state index is 0.993. The van der Waals surface area contributed by atoms with Crippen LogP contribution in [0.3, 0.4) is 0 Å². The summed E-state index contributed by atoms with van der Waals surface area (Å²) in [5.41, 5.74) is 7.76. The van der Waals surface area contributed by atoms with Crippen LogP contribution < -0.4 is 9.47 Å². The molecule has 0 N–H and O–H groups in total. The van der Waals surface area contributed by atoms with E-state index in [9.17, 15) is 0 Å². The molecule has 0 amide bonds. The van der Waals surface area contributed by atoms with Crippen molar-refractivity contribution in [3.63, 3.8) is 0 Å². The lowest BCUT2D eigenvalue weighted by atomic mass is 9.91. The number of hydrogen-bond acceptors (Lipinski definition) is 2. The van der Waals surface area contributed by atoms with E-state index in [-0.39, 0.29) is 0 Å². The van der Waals surface area contributed by atoms with Crippen molar-refractivity contribution >= 4 is 63.7 Å². The summed E-state index contributed by atoms with van der Waals surface area (Å²) < 4.78 is 11.8. The van der Waals surface area contributed by atoms with Gasteiger partial charge in [-0.15, -0.1) is 0 Å². The summed E-state index contributed by atoms with van der Waals surface area (Å²) in [7, 11) is 3.60. The predicted octanol–water partition coefficient (Wildman–Crippen LogP) is 8.68. The van der Waals surface area contributed by atoms with Crippen molar-refractivity contribution in [1.82, 2.24) is 0 Å². The van der Waals surface area contributed by atoms with Crippen molar-refractivity contribution in [3.8, 4) is 22.6 Å². The first-order chi connectivity index (χ1) is 15.6. The molecule has 0 unspecified atom stereocenters. The first kappa shape index (κ1) is 28.2. The molecule has 0 aromatic heterocycles. The molecule has 0 saturated heterocycles. The summed E-state index contributed by atoms with van der Waals surface area (Å²) in [6, 6.07) is 9.35. The molecule has 6 heteroatoms. The van der Waals surface area contributed by atoms with Crippen LogP contribution in [-0.4, -0.2) is 35.5 Å². The maximum Gasteiger partial charge on any atom is 0.125 e. The highest BCUT2D eigenvalue weighted by molar-refractivity contribution is 9.09. The quantitative estimate of drug-likeness (QED) is 0.174. The molecule has 0 fully saturated rings. The zero-order valence-electron chi connectivity index (χ0n) is 19.1. The summed E-state index contributed by atoms with van der Waals surface area (Å²) in [5, 5.41) is 3.97. The van der Waals surface area contributed by atoms with Crippen molar-refractivity contribution in [2.75, 3.05) is 35.5 Å². The van der Waals surface area contributed by atoms with Gasteiger partial charge in [-0.05, 0) is 109 Å². The van der Waals surface area contributed by atoms with Gasteiger partial charge in [-0.1, -0.05) is 63.7 Å². The van der Waals surface area contributed by atoms with Gasteiger partial charge in [0.2, 0.25) is 0 Å². The normalized spacial score (nSPS) is 11.1. The predicted molar refractivity (Wildman–Crippen MR) is 153 cm³/mol. The van der Waals surface area contributed by atoms with Crippen molar-refractivity contribution in [2.45, 2.75) is 51.4 Å². The van der Waals surface area contributed by atoms with Gasteiger partial charge in [0.05, 0.1) is 14.2 Å². The zero-order chi connectivity index (χ0) is 23.3. The van der Waals surface area contributed by atoms with Gasteiger partial charge >= 0.3 is 0 Å². The van der Waals surface area contributed by atoms with E-state index >= 15 is 0 Å². The van der Waals surface area contributed by atoms with Crippen LogP contribution in [-0.2, 0) is 25.7 Å². The molecule has 0 aliphatic rings. The molecule has 2 aromatic carbocycles. The third-order valence-corrected chi connectivity index (χ3v) is 7.79. The van der Waals surface area contributed by atoms with Gasteiger partial charge < -0.3 is 9.47 Å². The van der Waals surface area contributed by atoms with Gasteiger partial charge in [0.15, 0.2) is 0 Å². The van der Waals surface area contributed by atoms with E-state index in [0.29, 0.717) is 0 Å².